The van der Waals surface area contributed by atoms with E-state index in [-0.39, 0.29) is 0 Å². The molecule has 6 heteroatoms. The Morgan fingerprint density at radius 2 is 1.02 bits per heavy atom. The van der Waals surface area contributed by atoms with E-state index in [2.05, 4.69) is 127 Å². The van der Waals surface area contributed by atoms with E-state index in [0.717, 1.165) is 93.6 Å². The van der Waals surface area contributed by atoms with Crippen molar-refractivity contribution < 1.29 is 4.42 Å². The van der Waals surface area contributed by atoms with Gasteiger partial charge in [0, 0.05) is 48.7 Å². The molecule has 4 heterocycles. The van der Waals surface area contributed by atoms with Crippen molar-refractivity contribution in [1.82, 2.24) is 19.9 Å². The van der Waals surface area contributed by atoms with Crippen molar-refractivity contribution in [3.05, 3.63) is 182 Å². The predicted molar refractivity (Wildman–Crippen MR) is 230 cm³/mol. The Morgan fingerprint density at radius 3 is 1.80 bits per heavy atom. The number of rotatable bonds is 6. The Kier molecular flexibility index (Phi) is 7.60. The molecule has 262 valence electrons. The summed E-state index contributed by atoms with van der Waals surface area (Å²) in [6, 6.07) is 62.5. The molecule has 0 aliphatic rings. The maximum atomic E-state index is 6.46. The molecule has 56 heavy (non-hydrogen) atoms. The van der Waals surface area contributed by atoms with Crippen LogP contribution >= 0.6 is 11.3 Å². The zero-order chi connectivity index (χ0) is 37.0. The summed E-state index contributed by atoms with van der Waals surface area (Å²) in [5, 5.41) is 3.21. The van der Waals surface area contributed by atoms with Crippen LogP contribution in [-0.4, -0.2) is 19.9 Å². The van der Waals surface area contributed by atoms with E-state index in [1.54, 1.807) is 11.3 Å². The van der Waals surface area contributed by atoms with Crippen LogP contribution in [0.25, 0.3) is 110 Å². The van der Waals surface area contributed by atoms with Gasteiger partial charge in [-0.25, -0.2) is 19.9 Å². The van der Waals surface area contributed by atoms with E-state index in [1.165, 1.54) is 4.70 Å². The molecule has 0 saturated carbocycles. The van der Waals surface area contributed by atoms with Crippen molar-refractivity contribution in [1.29, 1.82) is 0 Å². The van der Waals surface area contributed by atoms with Gasteiger partial charge in [0.2, 0.25) is 0 Å². The van der Waals surface area contributed by atoms with Crippen LogP contribution in [0.4, 0.5) is 0 Å². The second kappa shape index (κ2) is 13.2. The minimum Gasteiger partial charge on any atom is -0.456 e. The highest BCUT2D eigenvalue weighted by Crippen LogP contribution is 2.41. The lowest BCUT2D eigenvalue weighted by Crippen LogP contribution is -1.96. The normalized spacial score (nSPS) is 11.6. The Labute approximate surface area is 326 Å². The fourth-order valence-electron chi connectivity index (χ4n) is 7.60. The summed E-state index contributed by atoms with van der Waals surface area (Å²) in [4.78, 5) is 20.5. The van der Waals surface area contributed by atoms with E-state index in [1.807, 2.05) is 54.6 Å². The number of benzene rings is 7. The third-order valence-corrected chi connectivity index (χ3v) is 11.5. The number of nitrogens with zero attached hydrogens (tertiary/aromatic N) is 4. The monoisotopic (exact) mass is 734 g/mol. The average molecular weight is 735 g/mol. The first kappa shape index (κ1) is 32.2. The highest BCUT2D eigenvalue weighted by Gasteiger charge is 2.19. The van der Waals surface area contributed by atoms with Gasteiger partial charge in [-0.05, 0) is 41.5 Å². The first-order valence-electron chi connectivity index (χ1n) is 18.5. The maximum Gasteiger partial charge on any atom is 0.160 e. The molecule has 0 amide bonds. The summed E-state index contributed by atoms with van der Waals surface area (Å²) in [6.07, 6.45) is 0. The quantitative estimate of drug-likeness (QED) is 0.170. The molecular formula is C50H30N4OS. The van der Waals surface area contributed by atoms with Crippen LogP contribution in [0, 0.1) is 0 Å². The summed E-state index contributed by atoms with van der Waals surface area (Å²) < 4.78 is 8.77. The van der Waals surface area contributed by atoms with Gasteiger partial charge in [-0.1, -0.05) is 152 Å². The number of aromatic nitrogens is 4. The zero-order valence-corrected chi connectivity index (χ0v) is 30.7. The topological polar surface area (TPSA) is 64.7 Å². The molecule has 4 aromatic heterocycles. The molecule has 0 atom stereocenters. The lowest BCUT2D eigenvalue weighted by atomic mass is 9.98. The van der Waals surface area contributed by atoms with Gasteiger partial charge in [-0.15, -0.1) is 11.3 Å². The SMILES string of the molecule is c1ccc(-c2cc(-c3cccc4oc5ccc(-c6ccc(-c7nc(-c8ccccc8)c8sc9ccccc9c8n7)cc6)cc5c34)nc(-c3ccccc3)n2)cc1. The number of hydrogen-bond acceptors (Lipinski definition) is 6. The summed E-state index contributed by atoms with van der Waals surface area (Å²) in [5.41, 5.74) is 12.5. The van der Waals surface area contributed by atoms with Gasteiger partial charge in [-0.2, -0.15) is 0 Å². The lowest BCUT2D eigenvalue weighted by molar-refractivity contribution is 0.669. The largest absolute Gasteiger partial charge is 0.456 e. The van der Waals surface area contributed by atoms with Gasteiger partial charge in [0.25, 0.3) is 0 Å². The summed E-state index contributed by atoms with van der Waals surface area (Å²) in [6.45, 7) is 0. The van der Waals surface area contributed by atoms with Crippen molar-refractivity contribution in [3.63, 3.8) is 0 Å². The molecule has 0 spiro atoms. The Bertz CT molecular complexity index is 3170. The van der Waals surface area contributed by atoms with Crippen LogP contribution < -0.4 is 0 Å². The molecule has 7 aromatic carbocycles. The molecule has 0 radical (unpaired) electrons. The third kappa shape index (κ3) is 5.54. The molecule has 0 unspecified atom stereocenters. The van der Waals surface area contributed by atoms with E-state index in [9.17, 15) is 0 Å². The van der Waals surface area contributed by atoms with Crippen LogP contribution in [-0.2, 0) is 0 Å². The first-order valence-corrected chi connectivity index (χ1v) is 19.4. The lowest BCUT2D eigenvalue weighted by Gasteiger charge is -2.10. The number of hydrogen-bond donors (Lipinski definition) is 0. The molecule has 11 aromatic rings. The average Bonchev–Trinajstić information content (AvgIpc) is 3.85. The zero-order valence-electron chi connectivity index (χ0n) is 29.9. The molecule has 0 aliphatic heterocycles. The fraction of sp³-hybridized carbons (Fsp3) is 0. The minimum absolute atomic E-state index is 0.679. The van der Waals surface area contributed by atoms with Crippen molar-refractivity contribution >= 4 is 53.6 Å². The van der Waals surface area contributed by atoms with Gasteiger partial charge < -0.3 is 4.42 Å². The van der Waals surface area contributed by atoms with E-state index in [4.69, 9.17) is 24.4 Å². The second-order valence-electron chi connectivity index (χ2n) is 13.8. The van der Waals surface area contributed by atoms with E-state index in [0.29, 0.717) is 11.6 Å². The minimum atomic E-state index is 0.679. The highest BCUT2D eigenvalue weighted by atomic mass is 32.1. The van der Waals surface area contributed by atoms with Crippen molar-refractivity contribution in [2.75, 3.05) is 0 Å². The van der Waals surface area contributed by atoms with Crippen LogP contribution in [0.3, 0.4) is 0 Å². The van der Waals surface area contributed by atoms with Gasteiger partial charge in [-0.3, -0.25) is 0 Å². The molecular weight excluding hydrogens is 705 g/mol. The molecule has 0 saturated heterocycles. The molecule has 11 rings (SSSR count). The number of thiophene rings is 1. The van der Waals surface area contributed by atoms with Crippen molar-refractivity contribution in [3.8, 4) is 67.7 Å². The molecule has 5 nitrogen and oxygen atoms in total. The van der Waals surface area contributed by atoms with Crippen LogP contribution in [0.15, 0.2) is 186 Å². The molecule has 0 aliphatic carbocycles. The standard InChI is InChI=1S/C50H30N4OS/c1-4-13-32(14-5-1)40-30-41(52-49(51-40)34-17-8-3-9-18-34)37-20-12-21-43-45(37)39-29-36(27-28-42(39)55-43)31-23-25-35(26-24-31)50-53-46(33-15-6-2-7-16-33)48-47(54-50)38-19-10-11-22-44(38)56-48/h1-30H. The van der Waals surface area contributed by atoms with E-state index >= 15 is 0 Å². The summed E-state index contributed by atoms with van der Waals surface area (Å²) >= 11 is 1.75. The highest BCUT2D eigenvalue weighted by molar-refractivity contribution is 7.26. The fourth-order valence-corrected chi connectivity index (χ4v) is 8.76. The van der Waals surface area contributed by atoms with Gasteiger partial charge in [0.1, 0.15) is 11.2 Å². The van der Waals surface area contributed by atoms with Crippen LogP contribution in [0.2, 0.25) is 0 Å². The molecule has 0 bridgehead atoms. The predicted octanol–water partition coefficient (Wildman–Crippen LogP) is 13.5. The smallest absolute Gasteiger partial charge is 0.160 e. The van der Waals surface area contributed by atoms with Crippen molar-refractivity contribution in [2.45, 2.75) is 0 Å². The van der Waals surface area contributed by atoms with Gasteiger partial charge in [0.15, 0.2) is 11.6 Å². The van der Waals surface area contributed by atoms with E-state index < -0.39 is 0 Å². The Hall–Kier alpha value is -7.28. The molecule has 0 fully saturated rings. The second-order valence-corrected chi connectivity index (χ2v) is 14.9. The Morgan fingerprint density at radius 1 is 0.393 bits per heavy atom. The first-order chi connectivity index (χ1) is 27.7. The molecule has 0 N–H and O–H groups in total. The van der Waals surface area contributed by atoms with Crippen LogP contribution in [0.5, 0.6) is 0 Å². The Balaban J connectivity index is 1.02. The van der Waals surface area contributed by atoms with Crippen molar-refractivity contribution in [2.24, 2.45) is 0 Å². The van der Waals surface area contributed by atoms with Gasteiger partial charge >= 0.3 is 0 Å². The number of fused-ring (bicyclic) bond motifs is 6. The van der Waals surface area contributed by atoms with Gasteiger partial charge in [0.05, 0.1) is 27.3 Å². The summed E-state index contributed by atoms with van der Waals surface area (Å²) in [7, 11) is 0. The maximum absolute atomic E-state index is 6.46. The number of furan rings is 1. The van der Waals surface area contributed by atoms with Crippen LogP contribution in [0.1, 0.15) is 0 Å². The third-order valence-electron chi connectivity index (χ3n) is 10.3. The summed E-state index contributed by atoms with van der Waals surface area (Å²) in [5.74, 6) is 1.39.